The maximum Gasteiger partial charge on any atom is 0.344 e. The first-order valence-corrected chi connectivity index (χ1v) is 12.7. The lowest BCUT2D eigenvalue weighted by Gasteiger charge is -2.45. The summed E-state index contributed by atoms with van der Waals surface area (Å²) in [5, 5.41) is 4.86. The van der Waals surface area contributed by atoms with Crippen molar-refractivity contribution in [2.45, 2.75) is 44.7 Å². The molecule has 31 heavy (non-hydrogen) atoms. The molecule has 0 bridgehead atoms. The van der Waals surface area contributed by atoms with Gasteiger partial charge in [0.25, 0.3) is 0 Å². The van der Waals surface area contributed by atoms with E-state index >= 15 is 0 Å². The third kappa shape index (κ3) is 4.88. The summed E-state index contributed by atoms with van der Waals surface area (Å²) in [5.41, 5.74) is 2.42. The minimum atomic E-state index is -3.43. The number of nitrogens with zero attached hydrogens (tertiary/aromatic N) is 4. The number of amides is 1. The van der Waals surface area contributed by atoms with Crippen LogP contribution in [-0.4, -0.2) is 65.5 Å². The van der Waals surface area contributed by atoms with Crippen molar-refractivity contribution in [3.05, 3.63) is 46.6 Å². The fourth-order valence-electron chi connectivity index (χ4n) is 4.70. The molecule has 1 aromatic heterocycles. The number of aromatic nitrogens is 2. The van der Waals surface area contributed by atoms with Crippen LogP contribution in [-0.2, 0) is 16.6 Å². The van der Waals surface area contributed by atoms with Crippen LogP contribution in [0.3, 0.4) is 0 Å². The number of carbonyl (C=O) groups is 1. The Morgan fingerprint density at radius 2 is 1.94 bits per heavy atom. The van der Waals surface area contributed by atoms with Crippen LogP contribution in [0.2, 0.25) is 5.02 Å². The van der Waals surface area contributed by atoms with Crippen molar-refractivity contribution < 1.29 is 13.2 Å². The Labute approximate surface area is 188 Å². The number of aryl methyl sites for hydroxylation is 1. The van der Waals surface area contributed by atoms with Gasteiger partial charge in [-0.2, -0.15) is 4.68 Å². The van der Waals surface area contributed by atoms with E-state index in [1.165, 1.54) is 22.5 Å². The molecule has 1 aromatic carbocycles. The molecule has 1 amide bonds. The van der Waals surface area contributed by atoms with Gasteiger partial charge in [-0.05, 0) is 56.3 Å². The number of piperidine rings is 1. The molecule has 168 valence electrons. The highest BCUT2D eigenvalue weighted by Crippen LogP contribution is 2.39. The number of benzene rings is 1. The molecule has 8 nitrogen and oxygen atoms in total. The van der Waals surface area contributed by atoms with Crippen LogP contribution in [0.1, 0.15) is 36.8 Å². The maximum absolute atomic E-state index is 12.8. The van der Waals surface area contributed by atoms with Gasteiger partial charge in [-0.1, -0.05) is 23.7 Å². The molecule has 0 saturated carbocycles. The van der Waals surface area contributed by atoms with Gasteiger partial charge >= 0.3 is 6.03 Å². The van der Waals surface area contributed by atoms with E-state index in [1.807, 2.05) is 6.92 Å². The molecule has 1 spiro atoms. The highest BCUT2D eigenvalue weighted by Gasteiger charge is 2.43. The Balaban J connectivity index is 1.40. The first kappa shape index (κ1) is 22.1. The number of likely N-dealkylation sites (tertiary alicyclic amines) is 2. The van der Waals surface area contributed by atoms with E-state index in [2.05, 4.69) is 32.9 Å². The van der Waals surface area contributed by atoms with Gasteiger partial charge < -0.3 is 4.90 Å². The summed E-state index contributed by atoms with van der Waals surface area (Å²) in [4.78, 5) is 17.2. The standard InChI is InChI=1S/C21H28ClN5O3S/c1-16-4-5-17(14-18(16)22)15-26-10-3-7-21(26)8-12-25(13-9-21)20(28)27-11-6-19(23-27)24-31(2,29)30/h4-6,11,14H,3,7-10,12-13,15H2,1-2H3,(H,23,24). The molecule has 2 fully saturated rings. The monoisotopic (exact) mass is 465 g/mol. The summed E-state index contributed by atoms with van der Waals surface area (Å²) in [7, 11) is -3.43. The molecule has 0 unspecified atom stereocenters. The van der Waals surface area contributed by atoms with Gasteiger partial charge in [-0.3, -0.25) is 9.62 Å². The maximum atomic E-state index is 12.8. The average Bonchev–Trinajstić information content (AvgIpc) is 3.31. The quantitative estimate of drug-likeness (QED) is 0.748. The van der Waals surface area contributed by atoms with Gasteiger partial charge in [0.1, 0.15) is 0 Å². The number of hydrogen-bond acceptors (Lipinski definition) is 5. The van der Waals surface area contributed by atoms with Crippen LogP contribution in [0.4, 0.5) is 10.6 Å². The van der Waals surface area contributed by atoms with E-state index < -0.39 is 10.0 Å². The molecule has 4 rings (SSSR count). The lowest BCUT2D eigenvalue weighted by molar-refractivity contribution is 0.0585. The van der Waals surface area contributed by atoms with Crippen LogP contribution < -0.4 is 4.72 Å². The molecule has 2 aliphatic rings. The third-order valence-corrected chi connectivity index (χ3v) is 7.38. The number of rotatable bonds is 4. The van der Waals surface area contributed by atoms with Crippen LogP contribution in [0, 0.1) is 6.92 Å². The number of nitrogens with one attached hydrogen (secondary N) is 1. The lowest BCUT2D eigenvalue weighted by Crippen LogP contribution is -2.53. The number of halogens is 1. The lowest BCUT2D eigenvalue weighted by atomic mass is 9.85. The van der Waals surface area contributed by atoms with Gasteiger partial charge in [-0.25, -0.2) is 13.2 Å². The second kappa shape index (κ2) is 8.44. The fraction of sp³-hybridized carbons (Fsp3) is 0.524. The zero-order valence-corrected chi connectivity index (χ0v) is 19.4. The summed E-state index contributed by atoms with van der Waals surface area (Å²) in [6.07, 6.45) is 6.66. The van der Waals surface area contributed by atoms with E-state index in [4.69, 9.17) is 11.6 Å². The SMILES string of the molecule is Cc1ccc(CN2CCCC23CCN(C(=O)n2ccc(NS(C)(=O)=O)n2)CC3)cc1Cl. The Morgan fingerprint density at radius 1 is 1.19 bits per heavy atom. The molecule has 2 saturated heterocycles. The summed E-state index contributed by atoms with van der Waals surface area (Å²) >= 11 is 6.32. The molecular weight excluding hydrogens is 438 g/mol. The molecule has 0 radical (unpaired) electrons. The highest BCUT2D eigenvalue weighted by atomic mass is 35.5. The van der Waals surface area contributed by atoms with Gasteiger partial charge in [0.05, 0.1) is 6.26 Å². The summed E-state index contributed by atoms with van der Waals surface area (Å²) in [6.45, 7) is 5.24. The molecule has 3 heterocycles. The van der Waals surface area contributed by atoms with Gasteiger partial charge in [-0.15, -0.1) is 5.10 Å². The van der Waals surface area contributed by atoms with E-state index in [0.29, 0.717) is 13.1 Å². The summed E-state index contributed by atoms with van der Waals surface area (Å²) in [6, 6.07) is 7.52. The van der Waals surface area contributed by atoms with Crippen molar-refractivity contribution in [1.29, 1.82) is 0 Å². The van der Waals surface area contributed by atoms with Crippen molar-refractivity contribution in [2.75, 3.05) is 30.6 Å². The van der Waals surface area contributed by atoms with E-state index in [9.17, 15) is 13.2 Å². The predicted octanol–water partition coefficient (Wildman–Crippen LogP) is 3.32. The smallest absolute Gasteiger partial charge is 0.323 e. The van der Waals surface area contributed by atoms with Crippen molar-refractivity contribution in [2.24, 2.45) is 0 Å². The molecule has 2 aromatic rings. The van der Waals surface area contributed by atoms with Gasteiger partial charge in [0.15, 0.2) is 5.82 Å². The second-order valence-electron chi connectivity index (χ2n) is 8.62. The van der Waals surface area contributed by atoms with Crippen molar-refractivity contribution in [3.8, 4) is 0 Å². The molecular formula is C21H28ClN5O3S. The molecule has 0 aliphatic carbocycles. The predicted molar refractivity (Wildman–Crippen MR) is 121 cm³/mol. The minimum absolute atomic E-state index is 0.112. The minimum Gasteiger partial charge on any atom is -0.323 e. The molecule has 10 heteroatoms. The zero-order chi connectivity index (χ0) is 22.2. The topological polar surface area (TPSA) is 87.5 Å². The van der Waals surface area contributed by atoms with E-state index in [1.54, 1.807) is 4.90 Å². The summed E-state index contributed by atoms with van der Waals surface area (Å²) in [5.74, 6) is 0.142. The van der Waals surface area contributed by atoms with Crippen LogP contribution in [0.5, 0.6) is 0 Å². The Hall–Kier alpha value is -2.10. The van der Waals surface area contributed by atoms with Crippen LogP contribution >= 0.6 is 11.6 Å². The summed E-state index contributed by atoms with van der Waals surface area (Å²) < 4.78 is 26.2. The normalized spacial score (nSPS) is 19.1. The van der Waals surface area contributed by atoms with Crippen molar-refractivity contribution >= 4 is 33.5 Å². The number of carbonyl (C=O) groups excluding carboxylic acids is 1. The van der Waals surface area contributed by atoms with Crippen molar-refractivity contribution in [3.63, 3.8) is 0 Å². The second-order valence-corrected chi connectivity index (χ2v) is 10.8. The molecule has 1 N–H and O–H groups in total. The van der Waals surface area contributed by atoms with E-state index in [0.717, 1.165) is 55.6 Å². The molecule has 2 aliphatic heterocycles. The first-order valence-electron chi connectivity index (χ1n) is 10.5. The number of anilines is 1. The Kier molecular flexibility index (Phi) is 6.02. The Morgan fingerprint density at radius 3 is 2.61 bits per heavy atom. The Bertz CT molecular complexity index is 1080. The van der Waals surface area contributed by atoms with E-state index in [-0.39, 0.29) is 17.4 Å². The number of sulfonamides is 1. The fourth-order valence-corrected chi connectivity index (χ4v) is 5.39. The molecule has 0 atom stereocenters. The third-order valence-electron chi connectivity index (χ3n) is 6.39. The van der Waals surface area contributed by atoms with Crippen molar-refractivity contribution in [1.82, 2.24) is 19.6 Å². The zero-order valence-electron chi connectivity index (χ0n) is 17.8. The first-order chi connectivity index (χ1) is 14.7. The largest absolute Gasteiger partial charge is 0.344 e. The van der Waals surface area contributed by atoms with Gasteiger partial charge in [0, 0.05) is 42.5 Å². The van der Waals surface area contributed by atoms with Crippen LogP contribution in [0.15, 0.2) is 30.5 Å². The van der Waals surface area contributed by atoms with Crippen LogP contribution in [0.25, 0.3) is 0 Å². The average molecular weight is 466 g/mol. The van der Waals surface area contributed by atoms with Gasteiger partial charge in [0.2, 0.25) is 10.0 Å². The highest BCUT2D eigenvalue weighted by molar-refractivity contribution is 7.92. The number of hydrogen-bond donors (Lipinski definition) is 1.